The van der Waals surface area contributed by atoms with Crippen LogP contribution in [0.2, 0.25) is 5.02 Å². The lowest BCUT2D eigenvalue weighted by atomic mass is 10.1. The number of rotatable bonds is 5. The van der Waals surface area contributed by atoms with Gasteiger partial charge in [-0.25, -0.2) is 0 Å². The molecule has 1 aromatic heterocycles. The molecule has 26 heavy (non-hydrogen) atoms. The zero-order valence-electron chi connectivity index (χ0n) is 14.3. The van der Waals surface area contributed by atoms with E-state index in [1.807, 2.05) is 37.3 Å². The highest BCUT2D eigenvalue weighted by Gasteiger charge is 2.23. The number of anilines is 1. The Hall–Kier alpha value is -2.46. The second-order valence-corrected chi connectivity index (χ2v) is 7.27. The molecule has 132 valence electrons. The van der Waals surface area contributed by atoms with Crippen molar-refractivity contribution in [3.63, 3.8) is 0 Å². The van der Waals surface area contributed by atoms with Crippen LogP contribution in [0.4, 0.5) is 5.69 Å². The number of aromatic nitrogens is 2. The minimum atomic E-state index is -0.694. The average molecular weight is 385 g/mol. The number of aliphatic hydroxyl groups is 1. The summed E-state index contributed by atoms with van der Waals surface area (Å²) in [6, 6.07) is 14.9. The summed E-state index contributed by atoms with van der Waals surface area (Å²) in [5, 5.41) is 33.0. The van der Waals surface area contributed by atoms with Crippen LogP contribution in [0, 0.1) is 18.3 Å². The van der Waals surface area contributed by atoms with Crippen LogP contribution in [0.1, 0.15) is 29.1 Å². The molecule has 0 aliphatic heterocycles. The molecule has 3 aromatic rings. The Labute approximate surface area is 160 Å². The molecule has 2 aromatic carbocycles. The van der Waals surface area contributed by atoms with E-state index in [4.69, 9.17) is 16.9 Å². The van der Waals surface area contributed by atoms with Crippen LogP contribution >= 0.6 is 22.9 Å². The number of halogens is 1. The molecule has 7 heteroatoms. The Kier molecular flexibility index (Phi) is 5.52. The Morgan fingerprint density at radius 1 is 1.19 bits per heavy atom. The summed E-state index contributed by atoms with van der Waals surface area (Å²) in [5.74, 6) is 0. The average Bonchev–Trinajstić information content (AvgIpc) is 3.13. The van der Waals surface area contributed by atoms with E-state index in [1.165, 1.54) is 11.3 Å². The fraction of sp³-hybridized carbons (Fsp3) is 0.211. The molecule has 0 saturated carbocycles. The molecule has 3 rings (SSSR count). The molecule has 0 radical (unpaired) electrons. The van der Waals surface area contributed by atoms with Gasteiger partial charge in [-0.3, -0.25) is 0 Å². The number of hydrogen-bond donors (Lipinski definition) is 2. The summed E-state index contributed by atoms with van der Waals surface area (Å²) in [6.45, 7) is 3.53. The summed E-state index contributed by atoms with van der Waals surface area (Å²) in [7, 11) is 0. The fourth-order valence-electron chi connectivity index (χ4n) is 2.54. The molecule has 0 aliphatic carbocycles. The molecule has 0 amide bonds. The van der Waals surface area contributed by atoms with E-state index in [2.05, 4.69) is 21.6 Å². The van der Waals surface area contributed by atoms with E-state index in [-0.39, 0.29) is 0 Å². The maximum atomic E-state index is 10.3. The van der Waals surface area contributed by atoms with Crippen molar-refractivity contribution in [2.24, 2.45) is 0 Å². The maximum Gasteiger partial charge on any atom is 0.147 e. The van der Waals surface area contributed by atoms with E-state index in [0.717, 1.165) is 21.8 Å². The molecule has 0 aliphatic rings. The lowest BCUT2D eigenvalue weighted by Gasteiger charge is -2.21. The van der Waals surface area contributed by atoms with Gasteiger partial charge in [0.05, 0.1) is 16.7 Å². The standard InChI is InChI=1S/C19H17ClN4OS/c1-11-15(9-8-14(10-21)16(11)20)22-17(12(2)25)19-24-23-18(26-19)13-6-4-3-5-7-13/h3-9,12,17,22,25H,1-2H3/t12-,17+/m0/s1. The maximum absolute atomic E-state index is 10.3. The van der Waals surface area contributed by atoms with Crippen molar-refractivity contribution >= 4 is 28.6 Å². The Bertz CT molecular complexity index is 950. The summed E-state index contributed by atoms with van der Waals surface area (Å²) in [5.41, 5.74) is 2.91. The molecule has 0 bridgehead atoms. The number of nitrogens with one attached hydrogen (secondary N) is 1. The van der Waals surface area contributed by atoms with Gasteiger partial charge in [-0.15, -0.1) is 10.2 Å². The molecule has 0 spiro atoms. The first kappa shape index (κ1) is 18.3. The van der Waals surface area contributed by atoms with E-state index in [9.17, 15) is 5.11 Å². The first-order valence-corrected chi connectivity index (χ1v) is 9.23. The van der Waals surface area contributed by atoms with Gasteiger partial charge in [-0.2, -0.15) is 5.26 Å². The molecule has 5 nitrogen and oxygen atoms in total. The number of hydrogen-bond acceptors (Lipinski definition) is 6. The van der Waals surface area contributed by atoms with Crippen molar-refractivity contribution in [2.45, 2.75) is 26.0 Å². The van der Waals surface area contributed by atoms with Gasteiger partial charge >= 0.3 is 0 Å². The molecule has 0 fully saturated rings. The van der Waals surface area contributed by atoms with Crippen molar-refractivity contribution in [1.82, 2.24) is 10.2 Å². The fourth-order valence-corrected chi connectivity index (χ4v) is 3.75. The Morgan fingerprint density at radius 3 is 2.58 bits per heavy atom. The second kappa shape index (κ2) is 7.83. The third-order valence-corrected chi connectivity index (χ3v) is 5.57. The number of nitrogens with zero attached hydrogens (tertiary/aromatic N) is 3. The van der Waals surface area contributed by atoms with Crippen LogP contribution in [0.15, 0.2) is 42.5 Å². The van der Waals surface area contributed by atoms with Crippen molar-refractivity contribution in [3.05, 3.63) is 63.6 Å². The lowest BCUT2D eigenvalue weighted by Crippen LogP contribution is -2.23. The Balaban J connectivity index is 1.91. The summed E-state index contributed by atoms with van der Waals surface area (Å²) >= 11 is 7.67. The lowest BCUT2D eigenvalue weighted by molar-refractivity contribution is 0.172. The van der Waals surface area contributed by atoms with Crippen LogP contribution < -0.4 is 5.32 Å². The van der Waals surface area contributed by atoms with Crippen LogP contribution in [0.5, 0.6) is 0 Å². The minimum Gasteiger partial charge on any atom is -0.391 e. The van der Waals surface area contributed by atoms with E-state index in [1.54, 1.807) is 19.1 Å². The third kappa shape index (κ3) is 3.70. The predicted molar refractivity (Wildman–Crippen MR) is 104 cm³/mol. The third-order valence-electron chi connectivity index (χ3n) is 4.03. The van der Waals surface area contributed by atoms with Crippen molar-refractivity contribution in [1.29, 1.82) is 5.26 Å². The number of nitriles is 1. The first-order chi connectivity index (χ1) is 12.5. The van der Waals surface area contributed by atoms with Gasteiger partial charge in [0.2, 0.25) is 0 Å². The van der Waals surface area contributed by atoms with E-state index in [0.29, 0.717) is 15.6 Å². The summed E-state index contributed by atoms with van der Waals surface area (Å²) in [6.07, 6.45) is -0.694. The summed E-state index contributed by atoms with van der Waals surface area (Å²) in [4.78, 5) is 0. The quantitative estimate of drug-likeness (QED) is 0.673. The van der Waals surface area contributed by atoms with Gasteiger partial charge in [-0.05, 0) is 31.5 Å². The second-order valence-electron chi connectivity index (χ2n) is 5.89. The van der Waals surface area contributed by atoms with Crippen LogP contribution in [0.25, 0.3) is 10.6 Å². The van der Waals surface area contributed by atoms with Gasteiger partial charge in [-0.1, -0.05) is 53.3 Å². The highest BCUT2D eigenvalue weighted by atomic mass is 35.5. The smallest absolute Gasteiger partial charge is 0.147 e. The topological polar surface area (TPSA) is 81.8 Å². The predicted octanol–water partition coefficient (Wildman–Crippen LogP) is 4.57. The highest BCUT2D eigenvalue weighted by Crippen LogP contribution is 2.33. The minimum absolute atomic E-state index is 0.407. The summed E-state index contributed by atoms with van der Waals surface area (Å²) < 4.78 is 0. The molecule has 1 heterocycles. The van der Waals surface area contributed by atoms with E-state index < -0.39 is 12.1 Å². The highest BCUT2D eigenvalue weighted by molar-refractivity contribution is 7.14. The number of benzene rings is 2. The molecule has 2 N–H and O–H groups in total. The normalized spacial score (nSPS) is 13.0. The SMILES string of the molecule is Cc1c(N[C@@H](c2nnc(-c3ccccc3)s2)[C@H](C)O)ccc(C#N)c1Cl. The van der Waals surface area contributed by atoms with Crippen molar-refractivity contribution in [3.8, 4) is 16.6 Å². The molecule has 0 unspecified atom stereocenters. The monoisotopic (exact) mass is 384 g/mol. The molecule has 2 atom stereocenters. The van der Waals surface area contributed by atoms with Gasteiger partial charge in [0.1, 0.15) is 22.1 Å². The van der Waals surface area contributed by atoms with Crippen LogP contribution in [-0.2, 0) is 0 Å². The zero-order chi connectivity index (χ0) is 18.7. The molecule has 0 saturated heterocycles. The molecular weight excluding hydrogens is 368 g/mol. The van der Waals surface area contributed by atoms with Crippen molar-refractivity contribution in [2.75, 3.05) is 5.32 Å². The van der Waals surface area contributed by atoms with Gasteiger partial charge in [0, 0.05) is 11.3 Å². The van der Waals surface area contributed by atoms with Crippen LogP contribution in [-0.4, -0.2) is 21.4 Å². The largest absolute Gasteiger partial charge is 0.391 e. The zero-order valence-corrected chi connectivity index (χ0v) is 15.8. The van der Waals surface area contributed by atoms with Gasteiger partial charge in [0.15, 0.2) is 0 Å². The first-order valence-electron chi connectivity index (χ1n) is 8.04. The Morgan fingerprint density at radius 2 is 1.92 bits per heavy atom. The molecular formula is C19H17ClN4OS. The van der Waals surface area contributed by atoms with Crippen LogP contribution in [0.3, 0.4) is 0 Å². The number of aliphatic hydroxyl groups excluding tert-OH is 1. The van der Waals surface area contributed by atoms with E-state index >= 15 is 0 Å². The van der Waals surface area contributed by atoms with Gasteiger partial charge < -0.3 is 10.4 Å². The van der Waals surface area contributed by atoms with Crippen molar-refractivity contribution < 1.29 is 5.11 Å². The van der Waals surface area contributed by atoms with Gasteiger partial charge in [0.25, 0.3) is 0 Å².